The van der Waals surface area contributed by atoms with Gasteiger partial charge in [-0.3, -0.25) is 9.59 Å². The van der Waals surface area contributed by atoms with E-state index in [1.807, 2.05) is 0 Å². The summed E-state index contributed by atoms with van der Waals surface area (Å²) in [4.78, 5) is 26.0. The number of ether oxygens (including phenoxy) is 1. The Morgan fingerprint density at radius 2 is 1.90 bits per heavy atom. The number of carbonyl (C=O) groups is 2. The first-order valence-electron chi connectivity index (χ1n) is 6.15. The number of carbonyl (C=O) groups excluding carboxylic acids is 2. The monoisotopic (exact) mass is 302 g/mol. The molecule has 5 nitrogen and oxygen atoms in total. The van der Waals surface area contributed by atoms with Crippen LogP contribution in [0, 0.1) is 0 Å². The summed E-state index contributed by atoms with van der Waals surface area (Å²) in [5.41, 5.74) is 6.84. The Morgan fingerprint density at radius 3 is 2.57 bits per heavy atom. The number of methoxy groups -OCH3 is 1. The zero-order valence-corrected chi connectivity index (χ0v) is 11.8. The van der Waals surface area contributed by atoms with Gasteiger partial charge in [0.15, 0.2) is 0 Å². The molecule has 0 bridgehead atoms. The lowest BCUT2D eigenvalue weighted by Gasteiger charge is -2.16. The second kappa shape index (κ2) is 4.79. The summed E-state index contributed by atoms with van der Waals surface area (Å²) in [5, 5.41) is 0.281. The van der Waals surface area contributed by atoms with E-state index in [2.05, 4.69) is 0 Å². The van der Waals surface area contributed by atoms with Crippen LogP contribution in [0.15, 0.2) is 36.4 Å². The third-order valence-electron chi connectivity index (χ3n) is 3.34. The van der Waals surface area contributed by atoms with Crippen molar-refractivity contribution in [2.75, 3.05) is 17.7 Å². The van der Waals surface area contributed by atoms with E-state index in [0.717, 1.165) is 4.90 Å². The average Bonchev–Trinajstić information content (AvgIpc) is 2.73. The van der Waals surface area contributed by atoms with Crippen LogP contribution in [0.1, 0.15) is 20.7 Å². The minimum Gasteiger partial charge on any atom is -0.497 e. The summed E-state index contributed by atoms with van der Waals surface area (Å²) in [7, 11) is 1.49. The van der Waals surface area contributed by atoms with Crippen molar-refractivity contribution in [3.63, 3.8) is 0 Å². The average molecular weight is 303 g/mol. The molecular weight excluding hydrogens is 292 g/mol. The summed E-state index contributed by atoms with van der Waals surface area (Å²) in [6.07, 6.45) is 0. The Morgan fingerprint density at radius 1 is 1.14 bits per heavy atom. The van der Waals surface area contributed by atoms with Gasteiger partial charge in [-0.15, -0.1) is 0 Å². The van der Waals surface area contributed by atoms with Crippen molar-refractivity contribution in [1.29, 1.82) is 0 Å². The minimum absolute atomic E-state index is 0.210. The number of nitrogens with zero attached hydrogens (tertiary/aromatic N) is 1. The van der Waals surface area contributed by atoms with Crippen molar-refractivity contribution < 1.29 is 14.3 Å². The molecule has 0 unspecified atom stereocenters. The van der Waals surface area contributed by atoms with Gasteiger partial charge in [-0.05, 0) is 24.3 Å². The van der Waals surface area contributed by atoms with E-state index in [0.29, 0.717) is 5.75 Å². The van der Waals surface area contributed by atoms with Crippen molar-refractivity contribution in [3.05, 3.63) is 52.5 Å². The smallest absolute Gasteiger partial charge is 0.268 e. The molecule has 1 aliphatic rings. The van der Waals surface area contributed by atoms with Gasteiger partial charge >= 0.3 is 0 Å². The highest BCUT2D eigenvalue weighted by atomic mass is 35.5. The van der Waals surface area contributed by atoms with Crippen LogP contribution in [0.25, 0.3) is 0 Å². The van der Waals surface area contributed by atoms with Gasteiger partial charge in [0.1, 0.15) is 5.75 Å². The van der Waals surface area contributed by atoms with E-state index in [1.54, 1.807) is 36.4 Å². The Balaban J connectivity index is 2.16. The van der Waals surface area contributed by atoms with Gasteiger partial charge in [0, 0.05) is 11.8 Å². The first kappa shape index (κ1) is 13.5. The fraction of sp³-hybridized carbons (Fsp3) is 0.0667. The van der Waals surface area contributed by atoms with Crippen LogP contribution < -0.4 is 15.4 Å². The molecule has 2 aromatic rings. The second-order valence-electron chi connectivity index (χ2n) is 4.53. The van der Waals surface area contributed by atoms with Crippen LogP contribution in [0.3, 0.4) is 0 Å². The molecular formula is C15H11ClN2O3. The number of amides is 2. The number of hydrogen-bond donors (Lipinski definition) is 1. The number of halogens is 1. The number of hydrogen-bond acceptors (Lipinski definition) is 4. The highest BCUT2D eigenvalue weighted by Crippen LogP contribution is 2.37. The molecule has 0 fully saturated rings. The molecule has 3 rings (SSSR count). The molecule has 2 aromatic carbocycles. The SMILES string of the molecule is COc1ccc(Cl)c(N2C(=O)c3cccc(N)c3C2=O)c1. The van der Waals surface area contributed by atoms with Gasteiger partial charge in [-0.25, -0.2) is 4.90 Å². The van der Waals surface area contributed by atoms with Crippen molar-refractivity contribution in [2.45, 2.75) is 0 Å². The lowest BCUT2D eigenvalue weighted by Crippen LogP contribution is -2.29. The summed E-state index contributed by atoms with van der Waals surface area (Å²) in [5.74, 6) is -0.431. The zero-order chi connectivity index (χ0) is 15.1. The Hall–Kier alpha value is -2.53. The van der Waals surface area contributed by atoms with Gasteiger partial charge in [-0.1, -0.05) is 17.7 Å². The molecule has 0 saturated carbocycles. The predicted octanol–water partition coefficient (Wildman–Crippen LogP) is 2.73. The molecule has 0 saturated heterocycles. The number of benzene rings is 2. The predicted molar refractivity (Wildman–Crippen MR) is 80.0 cm³/mol. The maximum absolute atomic E-state index is 12.5. The van der Waals surface area contributed by atoms with Gasteiger partial charge in [0.05, 0.1) is 28.9 Å². The molecule has 1 heterocycles. The third kappa shape index (κ3) is 1.94. The molecule has 0 radical (unpaired) electrons. The quantitative estimate of drug-likeness (QED) is 0.684. The van der Waals surface area contributed by atoms with Crippen molar-refractivity contribution in [1.82, 2.24) is 0 Å². The Bertz CT molecular complexity index is 774. The standard InChI is InChI=1S/C15H11ClN2O3/c1-21-8-5-6-10(16)12(7-8)18-14(19)9-3-2-4-11(17)13(9)15(18)20/h2-7H,17H2,1H3. The zero-order valence-electron chi connectivity index (χ0n) is 11.1. The molecule has 1 aliphatic heterocycles. The second-order valence-corrected chi connectivity index (χ2v) is 4.94. The van der Waals surface area contributed by atoms with Crippen LogP contribution in [0.4, 0.5) is 11.4 Å². The third-order valence-corrected chi connectivity index (χ3v) is 3.66. The summed E-state index contributed by atoms with van der Waals surface area (Å²) >= 11 is 6.11. The van der Waals surface area contributed by atoms with Gasteiger partial charge < -0.3 is 10.5 Å². The molecule has 2 amide bonds. The van der Waals surface area contributed by atoms with E-state index in [4.69, 9.17) is 22.1 Å². The van der Waals surface area contributed by atoms with Crippen LogP contribution in [-0.2, 0) is 0 Å². The Kier molecular flexibility index (Phi) is 3.07. The topological polar surface area (TPSA) is 72.6 Å². The van der Waals surface area contributed by atoms with Gasteiger partial charge in [0.25, 0.3) is 11.8 Å². The summed E-state index contributed by atoms with van der Waals surface area (Å²) in [6, 6.07) is 9.55. The number of rotatable bonds is 2. The molecule has 2 N–H and O–H groups in total. The number of nitrogens with two attached hydrogens (primary N) is 1. The van der Waals surface area contributed by atoms with Crippen LogP contribution >= 0.6 is 11.6 Å². The van der Waals surface area contributed by atoms with Gasteiger partial charge in [-0.2, -0.15) is 0 Å². The van der Waals surface area contributed by atoms with E-state index in [1.165, 1.54) is 7.11 Å². The molecule has 0 aromatic heterocycles. The number of fused-ring (bicyclic) bond motifs is 1. The minimum atomic E-state index is -0.483. The fourth-order valence-electron chi connectivity index (χ4n) is 2.32. The van der Waals surface area contributed by atoms with Gasteiger partial charge in [0.2, 0.25) is 0 Å². The lowest BCUT2D eigenvalue weighted by atomic mass is 10.1. The van der Waals surface area contributed by atoms with Crippen LogP contribution in [0.2, 0.25) is 5.02 Å². The van der Waals surface area contributed by atoms with Crippen molar-refractivity contribution in [3.8, 4) is 5.75 Å². The van der Waals surface area contributed by atoms with E-state index >= 15 is 0 Å². The maximum atomic E-state index is 12.5. The van der Waals surface area contributed by atoms with E-state index in [9.17, 15) is 9.59 Å². The molecule has 0 spiro atoms. The van der Waals surface area contributed by atoms with Crippen LogP contribution in [0.5, 0.6) is 5.75 Å². The first-order chi connectivity index (χ1) is 10.0. The highest BCUT2D eigenvalue weighted by molar-refractivity contribution is 6.40. The fourth-order valence-corrected chi connectivity index (χ4v) is 2.52. The van der Waals surface area contributed by atoms with E-state index < -0.39 is 11.8 Å². The lowest BCUT2D eigenvalue weighted by molar-refractivity contribution is 0.0926. The molecule has 0 aliphatic carbocycles. The first-order valence-corrected chi connectivity index (χ1v) is 6.53. The number of nitrogen functional groups attached to an aromatic ring is 1. The molecule has 106 valence electrons. The van der Waals surface area contributed by atoms with Crippen molar-refractivity contribution in [2.24, 2.45) is 0 Å². The Labute approximate surface area is 125 Å². The normalized spacial score (nSPS) is 13.5. The summed E-state index contributed by atoms with van der Waals surface area (Å²) in [6.45, 7) is 0. The number of anilines is 2. The summed E-state index contributed by atoms with van der Waals surface area (Å²) < 4.78 is 5.11. The van der Waals surface area contributed by atoms with Crippen LogP contribution in [-0.4, -0.2) is 18.9 Å². The number of imide groups is 1. The largest absolute Gasteiger partial charge is 0.497 e. The van der Waals surface area contributed by atoms with E-state index in [-0.39, 0.29) is 27.5 Å². The highest BCUT2D eigenvalue weighted by Gasteiger charge is 2.39. The molecule has 21 heavy (non-hydrogen) atoms. The molecule has 6 heteroatoms. The maximum Gasteiger partial charge on any atom is 0.268 e. The van der Waals surface area contributed by atoms with Crippen molar-refractivity contribution >= 4 is 34.8 Å². The molecule has 0 atom stereocenters.